The molecule has 21 heavy (non-hydrogen) atoms. The molecule has 0 fully saturated rings. The average molecular weight is 296 g/mol. The molecule has 0 aromatic heterocycles. The smallest absolute Gasteiger partial charge is 0.313 e. The minimum atomic E-state index is -0.932. The van der Waals surface area contributed by atoms with Crippen molar-refractivity contribution >= 4 is 17.5 Å². The number of amides is 2. The number of aryl methyl sites for hydroxylation is 1. The van der Waals surface area contributed by atoms with Crippen LogP contribution in [0, 0.1) is 18.7 Å². The third-order valence-electron chi connectivity index (χ3n) is 3.07. The number of hydrogen-bond donors (Lipinski definition) is 3. The molecule has 0 heterocycles. The van der Waals surface area contributed by atoms with Gasteiger partial charge in [0, 0.05) is 6.54 Å². The monoisotopic (exact) mass is 296 g/mol. The predicted molar refractivity (Wildman–Crippen MR) is 78.2 cm³/mol. The molecular weight excluding hydrogens is 275 g/mol. The van der Waals surface area contributed by atoms with Gasteiger partial charge in [-0.3, -0.25) is 9.59 Å². The van der Waals surface area contributed by atoms with Crippen molar-refractivity contribution in [3.05, 3.63) is 29.6 Å². The normalized spacial score (nSPS) is 12.1. The van der Waals surface area contributed by atoms with Crippen LogP contribution in [0.2, 0.25) is 0 Å². The number of rotatable bonds is 5. The number of nitrogens with one attached hydrogen (secondary N) is 2. The summed E-state index contributed by atoms with van der Waals surface area (Å²) < 4.78 is 13.5. The van der Waals surface area contributed by atoms with Gasteiger partial charge in [-0.2, -0.15) is 0 Å². The Morgan fingerprint density at radius 2 is 1.95 bits per heavy atom. The molecule has 1 atom stereocenters. The molecule has 0 saturated heterocycles. The van der Waals surface area contributed by atoms with Crippen LogP contribution in [0.5, 0.6) is 0 Å². The minimum Gasteiger partial charge on any atom is -0.393 e. The summed E-state index contributed by atoms with van der Waals surface area (Å²) in [5.74, 6) is -2.31. The first-order chi connectivity index (χ1) is 9.81. The van der Waals surface area contributed by atoms with Crippen molar-refractivity contribution in [2.24, 2.45) is 5.92 Å². The lowest BCUT2D eigenvalue weighted by Gasteiger charge is -2.14. The Morgan fingerprint density at radius 1 is 1.29 bits per heavy atom. The Bertz CT molecular complexity index is 518. The number of carbonyl (C=O) groups is 2. The van der Waals surface area contributed by atoms with Crippen LogP contribution in [0.4, 0.5) is 10.1 Å². The molecule has 0 aliphatic rings. The van der Waals surface area contributed by atoms with Crippen molar-refractivity contribution in [3.8, 4) is 0 Å². The van der Waals surface area contributed by atoms with E-state index >= 15 is 0 Å². The highest BCUT2D eigenvalue weighted by atomic mass is 19.1. The highest BCUT2D eigenvalue weighted by Crippen LogP contribution is 2.15. The average Bonchev–Trinajstić information content (AvgIpc) is 2.42. The number of carbonyl (C=O) groups excluding carboxylic acids is 2. The lowest BCUT2D eigenvalue weighted by molar-refractivity contribution is -0.136. The quantitative estimate of drug-likeness (QED) is 0.722. The molecule has 6 heteroatoms. The Labute approximate surface area is 123 Å². The van der Waals surface area contributed by atoms with E-state index in [4.69, 9.17) is 0 Å². The largest absolute Gasteiger partial charge is 0.393 e. The van der Waals surface area contributed by atoms with Gasteiger partial charge in [-0.25, -0.2) is 4.39 Å². The van der Waals surface area contributed by atoms with Gasteiger partial charge in [0.15, 0.2) is 0 Å². The van der Waals surface area contributed by atoms with Gasteiger partial charge >= 0.3 is 11.8 Å². The highest BCUT2D eigenvalue weighted by molar-refractivity contribution is 6.39. The summed E-state index contributed by atoms with van der Waals surface area (Å²) in [6.45, 7) is 5.66. The predicted octanol–water partition coefficient (Wildman–Crippen LogP) is 1.60. The second-order valence-electron chi connectivity index (χ2n) is 5.29. The number of halogens is 1. The Kier molecular flexibility index (Phi) is 6.30. The van der Waals surface area contributed by atoms with E-state index < -0.39 is 23.7 Å². The third kappa shape index (κ3) is 5.51. The van der Waals surface area contributed by atoms with E-state index in [2.05, 4.69) is 10.6 Å². The van der Waals surface area contributed by atoms with Gasteiger partial charge in [0.05, 0.1) is 11.8 Å². The summed E-state index contributed by atoms with van der Waals surface area (Å²) in [5, 5.41) is 14.2. The molecule has 5 nitrogen and oxygen atoms in total. The van der Waals surface area contributed by atoms with Gasteiger partial charge in [-0.1, -0.05) is 19.9 Å². The molecule has 0 aliphatic carbocycles. The fourth-order valence-corrected chi connectivity index (χ4v) is 1.66. The van der Waals surface area contributed by atoms with Crippen molar-refractivity contribution in [1.29, 1.82) is 0 Å². The molecule has 116 valence electrons. The molecule has 0 bridgehead atoms. The third-order valence-corrected chi connectivity index (χ3v) is 3.07. The number of anilines is 1. The SMILES string of the molecule is Cc1ccc(F)c(NC(=O)C(=O)NCCC(O)C(C)C)c1. The molecule has 1 rings (SSSR count). The van der Waals surface area contributed by atoms with E-state index in [0.717, 1.165) is 5.56 Å². The van der Waals surface area contributed by atoms with Crippen LogP contribution in [0.25, 0.3) is 0 Å². The van der Waals surface area contributed by atoms with Crippen molar-refractivity contribution in [2.45, 2.75) is 33.3 Å². The van der Waals surface area contributed by atoms with Gasteiger partial charge < -0.3 is 15.7 Å². The highest BCUT2D eigenvalue weighted by Gasteiger charge is 2.16. The fraction of sp³-hybridized carbons (Fsp3) is 0.467. The van der Waals surface area contributed by atoms with Gasteiger partial charge in [-0.05, 0) is 37.0 Å². The maximum absolute atomic E-state index is 13.5. The summed E-state index contributed by atoms with van der Waals surface area (Å²) in [6, 6.07) is 4.24. The second kappa shape index (κ2) is 7.73. The van der Waals surface area contributed by atoms with Crippen LogP contribution >= 0.6 is 0 Å². The van der Waals surface area contributed by atoms with E-state index in [1.54, 1.807) is 13.0 Å². The molecular formula is C15H21FN2O3. The fourth-order valence-electron chi connectivity index (χ4n) is 1.66. The van der Waals surface area contributed by atoms with Crippen molar-refractivity contribution in [3.63, 3.8) is 0 Å². The lowest BCUT2D eigenvalue weighted by atomic mass is 10.0. The van der Waals surface area contributed by atoms with Crippen LogP contribution in [-0.4, -0.2) is 29.6 Å². The maximum atomic E-state index is 13.5. The summed E-state index contributed by atoms with van der Waals surface area (Å²) in [6.07, 6.45) is -0.183. The first-order valence-electron chi connectivity index (χ1n) is 6.84. The first kappa shape index (κ1) is 17.1. The number of aliphatic hydroxyl groups excluding tert-OH is 1. The van der Waals surface area contributed by atoms with Crippen LogP contribution in [-0.2, 0) is 9.59 Å². The zero-order valence-corrected chi connectivity index (χ0v) is 12.4. The lowest BCUT2D eigenvalue weighted by Crippen LogP contribution is -2.37. The van der Waals surface area contributed by atoms with E-state index in [1.807, 2.05) is 13.8 Å². The second-order valence-corrected chi connectivity index (χ2v) is 5.29. The topological polar surface area (TPSA) is 78.4 Å². The van der Waals surface area contributed by atoms with Crippen LogP contribution in [0.3, 0.4) is 0 Å². The first-order valence-corrected chi connectivity index (χ1v) is 6.84. The minimum absolute atomic E-state index is 0.0302. The number of benzene rings is 1. The molecule has 3 N–H and O–H groups in total. The van der Waals surface area contributed by atoms with Gasteiger partial charge in [0.2, 0.25) is 0 Å². The van der Waals surface area contributed by atoms with Crippen LogP contribution < -0.4 is 10.6 Å². The molecule has 0 spiro atoms. The maximum Gasteiger partial charge on any atom is 0.313 e. The van der Waals surface area contributed by atoms with E-state index in [1.165, 1.54) is 12.1 Å². The standard InChI is InChI=1S/C15H21FN2O3/c1-9(2)13(19)6-7-17-14(20)15(21)18-12-8-10(3)4-5-11(12)16/h4-5,8-9,13,19H,6-7H2,1-3H3,(H,17,20)(H,18,21). The van der Waals surface area contributed by atoms with Gasteiger partial charge in [-0.15, -0.1) is 0 Å². The van der Waals surface area contributed by atoms with Gasteiger partial charge in [0.1, 0.15) is 5.82 Å². The van der Waals surface area contributed by atoms with Crippen molar-refractivity contribution < 1.29 is 19.1 Å². The Hall–Kier alpha value is -1.95. The Morgan fingerprint density at radius 3 is 2.57 bits per heavy atom. The molecule has 1 unspecified atom stereocenters. The van der Waals surface area contributed by atoms with E-state index in [0.29, 0.717) is 6.42 Å². The number of aliphatic hydroxyl groups is 1. The molecule has 0 saturated carbocycles. The summed E-state index contributed by atoms with van der Waals surface area (Å²) in [5.41, 5.74) is 0.740. The summed E-state index contributed by atoms with van der Waals surface area (Å²) in [7, 11) is 0. The van der Waals surface area contributed by atoms with Crippen LogP contribution in [0.1, 0.15) is 25.8 Å². The molecule has 1 aromatic carbocycles. The zero-order chi connectivity index (χ0) is 16.0. The zero-order valence-electron chi connectivity index (χ0n) is 12.4. The Balaban J connectivity index is 2.48. The summed E-state index contributed by atoms with van der Waals surface area (Å²) in [4.78, 5) is 23.2. The van der Waals surface area contributed by atoms with E-state index in [9.17, 15) is 19.1 Å². The van der Waals surface area contributed by atoms with Crippen LogP contribution in [0.15, 0.2) is 18.2 Å². The summed E-state index contributed by atoms with van der Waals surface area (Å²) >= 11 is 0. The van der Waals surface area contributed by atoms with Gasteiger partial charge in [0.25, 0.3) is 0 Å². The molecule has 0 radical (unpaired) electrons. The molecule has 0 aliphatic heterocycles. The van der Waals surface area contributed by atoms with Crippen molar-refractivity contribution in [1.82, 2.24) is 5.32 Å². The molecule has 1 aromatic rings. The van der Waals surface area contributed by atoms with E-state index in [-0.39, 0.29) is 18.2 Å². The molecule has 2 amide bonds. The number of hydrogen-bond acceptors (Lipinski definition) is 3. The van der Waals surface area contributed by atoms with Crippen molar-refractivity contribution in [2.75, 3.05) is 11.9 Å².